The lowest BCUT2D eigenvalue weighted by Crippen LogP contribution is -2.32. The summed E-state index contributed by atoms with van der Waals surface area (Å²) in [5.74, 6) is 0.884. The van der Waals surface area contributed by atoms with Crippen molar-refractivity contribution in [3.05, 3.63) is 64.8 Å². The van der Waals surface area contributed by atoms with Crippen LogP contribution < -0.4 is 10.6 Å². The van der Waals surface area contributed by atoms with E-state index in [2.05, 4.69) is 15.6 Å². The number of hydrogen-bond acceptors (Lipinski definition) is 5. The monoisotopic (exact) mass is 389 g/mol. The summed E-state index contributed by atoms with van der Waals surface area (Å²) >= 11 is 12.3. The SMILES string of the molecule is O=C(C=Cc1ccc(-c2ccc(Cl)cc2)o1)NC(=S)Nc1nccs1. The van der Waals surface area contributed by atoms with Crippen LogP contribution in [-0.4, -0.2) is 16.0 Å². The fraction of sp³-hybridized carbons (Fsp3) is 0. The van der Waals surface area contributed by atoms with Crippen LogP contribution >= 0.6 is 35.2 Å². The molecule has 3 rings (SSSR count). The molecule has 0 aliphatic carbocycles. The van der Waals surface area contributed by atoms with Gasteiger partial charge in [-0.25, -0.2) is 4.98 Å². The van der Waals surface area contributed by atoms with E-state index >= 15 is 0 Å². The molecule has 0 fully saturated rings. The van der Waals surface area contributed by atoms with Crippen molar-refractivity contribution in [3.8, 4) is 11.3 Å². The molecule has 5 nitrogen and oxygen atoms in total. The molecule has 0 saturated carbocycles. The number of furan rings is 1. The Morgan fingerprint density at radius 1 is 1.24 bits per heavy atom. The van der Waals surface area contributed by atoms with Crippen LogP contribution in [-0.2, 0) is 4.79 Å². The van der Waals surface area contributed by atoms with Crippen molar-refractivity contribution in [2.75, 3.05) is 5.32 Å². The van der Waals surface area contributed by atoms with Gasteiger partial charge in [-0.05, 0) is 54.7 Å². The number of anilines is 1. The highest BCUT2D eigenvalue weighted by Crippen LogP contribution is 2.24. The Morgan fingerprint density at radius 2 is 2.04 bits per heavy atom. The molecule has 2 heterocycles. The van der Waals surface area contributed by atoms with E-state index in [1.807, 2.05) is 23.6 Å². The maximum absolute atomic E-state index is 11.9. The zero-order valence-corrected chi connectivity index (χ0v) is 15.1. The Kier molecular flexibility index (Phi) is 5.60. The summed E-state index contributed by atoms with van der Waals surface area (Å²) < 4.78 is 5.68. The molecule has 2 N–H and O–H groups in total. The number of rotatable bonds is 4. The van der Waals surface area contributed by atoms with Crippen molar-refractivity contribution in [1.29, 1.82) is 0 Å². The zero-order valence-electron chi connectivity index (χ0n) is 12.7. The van der Waals surface area contributed by atoms with Crippen LogP contribution in [0.1, 0.15) is 5.76 Å². The van der Waals surface area contributed by atoms with Crippen molar-refractivity contribution < 1.29 is 9.21 Å². The van der Waals surface area contributed by atoms with Crippen LogP contribution in [0.3, 0.4) is 0 Å². The Balaban J connectivity index is 1.57. The van der Waals surface area contributed by atoms with Crippen LogP contribution in [0.25, 0.3) is 17.4 Å². The summed E-state index contributed by atoms with van der Waals surface area (Å²) in [5, 5.41) is 8.63. The second kappa shape index (κ2) is 8.06. The number of thiazole rings is 1. The minimum absolute atomic E-state index is 0.186. The largest absolute Gasteiger partial charge is 0.457 e. The van der Waals surface area contributed by atoms with E-state index < -0.39 is 0 Å². The van der Waals surface area contributed by atoms with Crippen molar-refractivity contribution in [2.45, 2.75) is 0 Å². The second-order valence-electron chi connectivity index (χ2n) is 4.82. The number of hydrogen-bond donors (Lipinski definition) is 2. The highest BCUT2D eigenvalue weighted by molar-refractivity contribution is 7.80. The van der Waals surface area contributed by atoms with Gasteiger partial charge in [0, 0.05) is 28.2 Å². The molecule has 25 heavy (non-hydrogen) atoms. The third-order valence-electron chi connectivity index (χ3n) is 3.04. The third-order valence-corrected chi connectivity index (χ3v) is 4.19. The molecule has 3 aromatic rings. The van der Waals surface area contributed by atoms with Gasteiger partial charge in [-0.1, -0.05) is 11.6 Å². The lowest BCUT2D eigenvalue weighted by molar-refractivity contribution is -0.115. The van der Waals surface area contributed by atoms with Crippen LogP contribution in [0.4, 0.5) is 5.13 Å². The number of aromatic nitrogens is 1. The summed E-state index contributed by atoms with van der Waals surface area (Å²) in [4.78, 5) is 15.9. The first-order valence-electron chi connectivity index (χ1n) is 7.15. The minimum atomic E-state index is -0.363. The van der Waals surface area contributed by atoms with Gasteiger partial charge in [-0.15, -0.1) is 11.3 Å². The van der Waals surface area contributed by atoms with E-state index in [4.69, 9.17) is 28.2 Å². The molecule has 0 radical (unpaired) electrons. The molecule has 0 unspecified atom stereocenters. The first-order chi connectivity index (χ1) is 12.1. The van der Waals surface area contributed by atoms with E-state index in [0.717, 1.165) is 5.56 Å². The number of halogens is 1. The van der Waals surface area contributed by atoms with E-state index in [-0.39, 0.29) is 11.0 Å². The minimum Gasteiger partial charge on any atom is -0.457 e. The number of carbonyl (C=O) groups is 1. The van der Waals surface area contributed by atoms with Crippen LogP contribution in [0.15, 0.2) is 58.5 Å². The lowest BCUT2D eigenvalue weighted by atomic mass is 10.2. The standard InChI is InChI=1S/C17H12ClN3O2S2/c18-12-3-1-11(2-4-12)14-7-5-13(23-14)6-8-15(22)20-16(24)21-17-19-9-10-25-17/h1-10H,(H2,19,20,21,22,24). The second-order valence-corrected chi connectivity index (χ2v) is 6.56. The number of benzene rings is 1. The Labute approximate surface area is 158 Å². The number of nitrogens with one attached hydrogen (secondary N) is 2. The van der Waals surface area contributed by atoms with E-state index in [1.54, 1.807) is 30.5 Å². The molecule has 1 amide bonds. The molecule has 0 saturated heterocycles. The number of amides is 1. The molecule has 1 aromatic carbocycles. The van der Waals surface area contributed by atoms with E-state index in [9.17, 15) is 4.79 Å². The average Bonchev–Trinajstić information content (AvgIpc) is 3.25. The van der Waals surface area contributed by atoms with Gasteiger partial charge in [-0.3, -0.25) is 10.1 Å². The Bertz CT molecular complexity index is 902. The molecular weight excluding hydrogens is 378 g/mol. The highest BCUT2D eigenvalue weighted by atomic mass is 35.5. The average molecular weight is 390 g/mol. The van der Waals surface area contributed by atoms with E-state index in [0.29, 0.717) is 21.7 Å². The molecule has 126 valence electrons. The van der Waals surface area contributed by atoms with E-state index in [1.165, 1.54) is 17.4 Å². The molecule has 0 bridgehead atoms. The van der Waals surface area contributed by atoms with Crippen LogP contribution in [0, 0.1) is 0 Å². The molecule has 2 aromatic heterocycles. The number of nitrogens with zero attached hydrogens (tertiary/aromatic N) is 1. The van der Waals surface area contributed by atoms with Gasteiger partial charge in [0.2, 0.25) is 5.91 Å². The summed E-state index contributed by atoms with van der Waals surface area (Å²) in [5.41, 5.74) is 0.905. The quantitative estimate of drug-likeness (QED) is 0.505. The molecule has 8 heteroatoms. The number of carbonyl (C=O) groups excluding carboxylic acids is 1. The number of thiocarbonyl (C=S) groups is 1. The van der Waals surface area contributed by atoms with Crippen LogP contribution in [0.5, 0.6) is 0 Å². The normalized spacial score (nSPS) is 10.8. The van der Waals surface area contributed by atoms with Gasteiger partial charge < -0.3 is 9.73 Å². The highest BCUT2D eigenvalue weighted by Gasteiger charge is 2.05. The summed E-state index contributed by atoms with van der Waals surface area (Å²) in [6, 6.07) is 10.9. The van der Waals surface area contributed by atoms with Gasteiger partial charge in [0.15, 0.2) is 10.2 Å². The lowest BCUT2D eigenvalue weighted by Gasteiger charge is -2.04. The summed E-state index contributed by atoms with van der Waals surface area (Å²) in [6.45, 7) is 0. The predicted octanol–water partition coefficient (Wildman–Crippen LogP) is 4.58. The maximum Gasteiger partial charge on any atom is 0.250 e. The molecule has 0 aliphatic heterocycles. The summed E-state index contributed by atoms with van der Waals surface area (Å²) in [7, 11) is 0. The molecule has 0 spiro atoms. The Hall–Kier alpha value is -2.48. The maximum atomic E-state index is 11.9. The first kappa shape index (κ1) is 17.3. The fourth-order valence-corrected chi connectivity index (χ4v) is 2.86. The third kappa shape index (κ3) is 4.99. The van der Waals surface area contributed by atoms with Gasteiger partial charge in [0.25, 0.3) is 0 Å². The Morgan fingerprint density at radius 3 is 2.76 bits per heavy atom. The first-order valence-corrected chi connectivity index (χ1v) is 8.82. The smallest absolute Gasteiger partial charge is 0.250 e. The summed E-state index contributed by atoms with van der Waals surface area (Å²) in [6.07, 6.45) is 4.56. The van der Waals surface area contributed by atoms with Gasteiger partial charge in [-0.2, -0.15) is 0 Å². The van der Waals surface area contributed by atoms with Crippen LogP contribution in [0.2, 0.25) is 5.02 Å². The fourth-order valence-electron chi connectivity index (χ4n) is 1.94. The van der Waals surface area contributed by atoms with Crippen molar-refractivity contribution >= 4 is 57.4 Å². The predicted molar refractivity (Wildman–Crippen MR) is 105 cm³/mol. The van der Waals surface area contributed by atoms with Gasteiger partial charge in [0.05, 0.1) is 0 Å². The molecular formula is C17H12ClN3O2S2. The van der Waals surface area contributed by atoms with Crippen molar-refractivity contribution in [2.24, 2.45) is 0 Å². The zero-order chi connectivity index (χ0) is 17.6. The van der Waals surface area contributed by atoms with Gasteiger partial charge in [0.1, 0.15) is 11.5 Å². The van der Waals surface area contributed by atoms with Crippen molar-refractivity contribution in [1.82, 2.24) is 10.3 Å². The van der Waals surface area contributed by atoms with Gasteiger partial charge >= 0.3 is 0 Å². The topological polar surface area (TPSA) is 67.2 Å². The van der Waals surface area contributed by atoms with Crippen molar-refractivity contribution in [3.63, 3.8) is 0 Å². The molecule has 0 atom stereocenters. The molecule has 0 aliphatic rings.